The lowest BCUT2D eigenvalue weighted by atomic mass is 9.89. The van der Waals surface area contributed by atoms with Crippen LogP contribution in [0.2, 0.25) is 0 Å². The molecule has 0 radical (unpaired) electrons. The maximum atomic E-state index is 6.35. The van der Waals surface area contributed by atoms with Crippen LogP contribution in [0, 0.1) is 5.92 Å². The van der Waals surface area contributed by atoms with Gasteiger partial charge in [0.25, 0.3) is 0 Å². The summed E-state index contributed by atoms with van der Waals surface area (Å²) in [5.74, 6) is 1.48. The normalized spacial score (nSPS) is 17.6. The molecule has 0 bridgehead atoms. The Morgan fingerprint density at radius 3 is 2.29 bits per heavy atom. The van der Waals surface area contributed by atoms with Crippen molar-refractivity contribution in [3.63, 3.8) is 0 Å². The first-order chi connectivity index (χ1) is 8.10. The van der Waals surface area contributed by atoms with E-state index in [1.807, 2.05) is 12.1 Å². The number of ether oxygens (including phenoxy) is 1. The fraction of sp³-hybridized carbons (Fsp3) is 0.467. The summed E-state index contributed by atoms with van der Waals surface area (Å²) in [7, 11) is 0. The molecule has 0 saturated carbocycles. The second-order valence-corrected chi connectivity index (χ2v) is 5.27. The first-order valence-corrected chi connectivity index (χ1v) is 6.27. The summed E-state index contributed by atoms with van der Waals surface area (Å²) in [4.78, 5) is 0. The molecule has 0 unspecified atom stereocenters. The van der Waals surface area contributed by atoms with Crippen molar-refractivity contribution < 1.29 is 4.74 Å². The zero-order valence-corrected chi connectivity index (χ0v) is 10.6. The summed E-state index contributed by atoms with van der Waals surface area (Å²) in [5.41, 5.74) is 7.35. The molecule has 2 heteroatoms. The van der Waals surface area contributed by atoms with Crippen molar-refractivity contribution in [2.45, 2.75) is 32.2 Å². The van der Waals surface area contributed by atoms with E-state index in [9.17, 15) is 0 Å². The molecule has 1 aliphatic rings. The van der Waals surface area contributed by atoms with Crippen molar-refractivity contribution in [2.24, 2.45) is 11.7 Å². The van der Waals surface area contributed by atoms with E-state index < -0.39 is 0 Å². The second kappa shape index (κ2) is 4.92. The summed E-state index contributed by atoms with van der Waals surface area (Å²) < 4.78 is 5.66. The molecule has 1 aliphatic carbocycles. The molecule has 1 aromatic carbocycles. The van der Waals surface area contributed by atoms with E-state index in [0.29, 0.717) is 5.92 Å². The van der Waals surface area contributed by atoms with E-state index in [4.69, 9.17) is 10.5 Å². The van der Waals surface area contributed by atoms with E-state index in [1.165, 1.54) is 5.56 Å². The third kappa shape index (κ3) is 2.89. The third-order valence-electron chi connectivity index (χ3n) is 3.14. The van der Waals surface area contributed by atoms with Crippen LogP contribution in [-0.2, 0) is 5.54 Å². The van der Waals surface area contributed by atoms with Gasteiger partial charge in [-0.3, -0.25) is 0 Å². The maximum Gasteiger partial charge on any atom is 0.119 e. The van der Waals surface area contributed by atoms with Gasteiger partial charge in [-0.15, -0.1) is 0 Å². The molecule has 0 spiro atoms. The Kier molecular flexibility index (Phi) is 3.53. The number of hydrogen-bond acceptors (Lipinski definition) is 2. The first kappa shape index (κ1) is 12.2. The van der Waals surface area contributed by atoms with Crippen molar-refractivity contribution >= 4 is 0 Å². The lowest BCUT2D eigenvalue weighted by Crippen LogP contribution is -2.33. The van der Waals surface area contributed by atoms with Gasteiger partial charge in [0.15, 0.2) is 0 Å². The largest absolute Gasteiger partial charge is 0.493 e. The Morgan fingerprint density at radius 2 is 1.76 bits per heavy atom. The van der Waals surface area contributed by atoms with E-state index in [-0.39, 0.29) is 5.54 Å². The summed E-state index contributed by atoms with van der Waals surface area (Å²) in [5, 5.41) is 0. The first-order valence-electron chi connectivity index (χ1n) is 6.27. The van der Waals surface area contributed by atoms with E-state index in [1.54, 1.807) is 0 Å². The average Bonchev–Trinajstić information content (AvgIpc) is 2.75. The molecule has 0 amide bonds. The summed E-state index contributed by atoms with van der Waals surface area (Å²) in [6.45, 7) is 5.05. The SMILES string of the molecule is CC(C)COc1ccc(C2(N)CC=CC2)cc1. The molecule has 0 atom stereocenters. The Labute approximate surface area is 103 Å². The Bertz CT molecular complexity index is 384. The zero-order valence-electron chi connectivity index (χ0n) is 10.6. The lowest BCUT2D eigenvalue weighted by Gasteiger charge is -2.24. The molecule has 0 fully saturated rings. The van der Waals surface area contributed by atoms with Crippen LogP contribution in [0.25, 0.3) is 0 Å². The molecular formula is C15H21NO. The molecule has 0 saturated heterocycles. The van der Waals surface area contributed by atoms with Crippen LogP contribution in [0.15, 0.2) is 36.4 Å². The molecule has 2 N–H and O–H groups in total. The Hall–Kier alpha value is -1.28. The smallest absolute Gasteiger partial charge is 0.119 e. The van der Waals surface area contributed by atoms with Crippen LogP contribution < -0.4 is 10.5 Å². The average molecular weight is 231 g/mol. The Balaban J connectivity index is 2.03. The van der Waals surface area contributed by atoms with Gasteiger partial charge in [0, 0.05) is 5.54 Å². The monoisotopic (exact) mass is 231 g/mol. The van der Waals surface area contributed by atoms with Crippen molar-refractivity contribution in [3.8, 4) is 5.75 Å². The fourth-order valence-electron chi connectivity index (χ4n) is 2.05. The highest BCUT2D eigenvalue weighted by Crippen LogP contribution is 2.32. The van der Waals surface area contributed by atoms with Gasteiger partial charge in [0.1, 0.15) is 5.75 Å². The quantitative estimate of drug-likeness (QED) is 0.807. The minimum absolute atomic E-state index is 0.198. The molecule has 1 aromatic rings. The van der Waals surface area contributed by atoms with Gasteiger partial charge < -0.3 is 10.5 Å². The molecule has 0 aromatic heterocycles. The number of rotatable bonds is 4. The van der Waals surface area contributed by atoms with Gasteiger partial charge in [-0.2, -0.15) is 0 Å². The molecule has 0 heterocycles. The second-order valence-electron chi connectivity index (χ2n) is 5.27. The summed E-state index contributed by atoms with van der Waals surface area (Å²) in [6.07, 6.45) is 6.17. The van der Waals surface area contributed by atoms with Gasteiger partial charge in [-0.1, -0.05) is 38.1 Å². The van der Waals surface area contributed by atoms with Crippen LogP contribution in [0.1, 0.15) is 32.3 Å². The zero-order chi connectivity index (χ0) is 12.3. The molecule has 17 heavy (non-hydrogen) atoms. The summed E-state index contributed by atoms with van der Waals surface area (Å²) >= 11 is 0. The molecule has 92 valence electrons. The Morgan fingerprint density at radius 1 is 1.18 bits per heavy atom. The van der Waals surface area contributed by atoms with Gasteiger partial charge >= 0.3 is 0 Å². The highest BCUT2D eigenvalue weighted by molar-refractivity contribution is 5.34. The molecular weight excluding hydrogens is 210 g/mol. The lowest BCUT2D eigenvalue weighted by molar-refractivity contribution is 0.271. The van der Waals surface area contributed by atoms with E-state index >= 15 is 0 Å². The maximum absolute atomic E-state index is 6.35. The number of nitrogens with two attached hydrogens (primary N) is 1. The van der Waals surface area contributed by atoms with Crippen LogP contribution >= 0.6 is 0 Å². The van der Waals surface area contributed by atoms with Crippen LogP contribution in [0.3, 0.4) is 0 Å². The minimum atomic E-state index is -0.198. The predicted octanol–water partition coefficient (Wildman–Crippen LogP) is 3.23. The fourth-order valence-corrected chi connectivity index (χ4v) is 2.05. The molecule has 2 rings (SSSR count). The highest BCUT2D eigenvalue weighted by atomic mass is 16.5. The topological polar surface area (TPSA) is 35.2 Å². The minimum Gasteiger partial charge on any atom is -0.493 e. The highest BCUT2D eigenvalue weighted by Gasteiger charge is 2.27. The van der Waals surface area contributed by atoms with E-state index in [0.717, 1.165) is 25.2 Å². The predicted molar refractivity (Wildman–Crippen MR) is 71.0 cm³/mol. The van der Waals surface area contributed by atoms with Crippen LogP contribution in [0.4, 0.5) is 0 Å². The van der Waals surface area contributed by atoms with Crippen molar-refractivity contribution in [1.29, 1.82) is 0 Å². The standard InChI is InChI=1S/C15H21NO/c1-12(2)11-17-14-7-5-13(6-8-14)15(16)9-3-4-10-15/h3-8,12H,9-11,16H2,1-2H3. The summed E-state index contributed by atoms with van der Waals surface area (Å²) in [6, 6.07) is 8.21. The van der Waals surface area contributed by atoms with Crippen molar-refractivity contribution in [3.05, 3.63) is 42.0 Å². The van der Waals surface area contributed by atoms with Gasteiger partial charge in [0.05, 0.1) is 6.61 Å². The van der Waals surface area contributed by atoms with Crippen LogP contribution in [0.5, 0.6) is 5.75 Å². The third-order valence-corrected chi connectivity index (χ3v) is 3.14. The van der Waals surface area contributed by atoms with Crippen molar-refractivity contribution in [2.75, 3.05) is 6.61 Å². The van der Waals surface area contributed by atoms with Crippen LogP contribution in [-0.4, -0.2) is 6.61 Å². The van der Waals surface area contributed by atoms with Crippen molar-refractivity contribution in [1.82, 2.24) is 0 Å². The molecule has 2 nitrogen and oxygen atoms in total. The number of hydrogen-bond donors (Lipinski definition) is 1. The van der Waals surface area contributed by atoms with Gasteiger partial charge in [-0.25, -0.2) is 0 Å². The van der Waals surface area contributed by atoms with Gasteiger partial charge in [-0.05, 0) is 36.5 Å². The van der Waals surface area contributed by atoms with E-state index in [2.05, 4.69) is 38.1 Å². The molecule has 0 aliphatic heterocycles. The van der Waals surface area contributed by atoms with Gasteiger partial charge in [0.2, 0.25) is 0 Å². The number of benzene rings is 1.